The fourth-order valence-corrected chi connectivity index (χ4v) is 2.21. The van der Waals surface area contributed by atoms with Crippen molar-refractivity contribution in [1.29, 1.82) is 0 Å². The SMILES string of the molecule is CCCCCC=CCC=CCC=CCC=CCCCC(=O)OCCC. The van der Waals surface area contributed by atoms with Crippen molar-refractivity contribution in [2.24, 2.45) is 0 Å². The molecule has 0 aliphatic rings. The molecule has 2 heteroatoms. The number of hydrogen-bond acceptors (Lipinski definition) is 2. The Balaban J connectivity index is 3.44. The monoisotopic (exact) mass is 346 g/mol. The van der Waals surface area contributed by atoms with E-state index in [2.05, 4.69) is 55.5 Å². The third-order valence-electron chi connectivity index (χ3n) is 3.68. The number of carbonyl (C=O) groups is 1. The van der Waals surface area contributed by atoms with Crippen molar-refractivity contribution >= 4 is 5.97 Å². The van der Waals surface area contributed by atoms with Crippen LogP contribution in [0, 0.1) is 0 Å². The largest absolute Gasteiger partial charge is 0.466 e. The summed E-state index contributed by atoms with van der Waals surface area (Å²) in [5, 5.41) is 0. The zero-order valence-electron chi connectivity index (χ0n) is 16.4. The van der Waals surface area contributed by atoms with Gasteiger partial charge in [-0.2, -0.15) is 0 Å². The first-order valence-corrected chi connectivity index (χ1v) is 10.1. The summed E-state index contributed by atoms with van der Waals surface area (Å²) in [6, 6.07) is 0. The maximum absolute atomic E-state index is 11.3. The third-order valence-corrected chi connectivity index (χ3v) is 3.68. The Morgan fingerprint density at radius 3 is 1.72 bits per heavy atom. The number of carbonyl (C=O) groups excluding carboxylic acids is 1. The quantitative estimate of drug-likeness (QED) is 0.169. The minimum atomic E-state index is -0.0715. The van der Waals surface area contributed by atoms with Gasteiger partial charge in [-0.05, 0) is 51.4 Å². The highest BCUT2D eigenvalue weighted by Crippen LogP contribution is 2.02. The van der Waals surface area contributed by atoms with Gasteiger partial charge in [0.25, 0.3) is 0 Å². The molecule has 0 unspecified atom stereocenters. The Hall–Kier alpha value is -1.57. The Kier molecular flexibility index (Phi) is 19.2. The predicted octanol–water partition coefficient (Wildman–Crippen LogP) is 7.09. The predicted molar refractivity (Wildman–Crippen MR) is 110 cm³/mol. The number of hydrogen-bond donors (Lipinski definition) is 0. The summed E-state index contributed by atoms with van der Waals surface area (Å²) < 4.78 is 5.04. The number of allylic oxidation sites excluding steroid dienone is 8. The van der Waals surface area contributed by atoms with Gasteiger partial charge in [-0.3, -0.25) is 4.79 Å². The van der Waals surface area contributed by atoms with Gasteiger partial charge in [0, 0.05) is 6.42 Å². The van der Waals surface area contributed by atoms with E-state index in [0.29, 0.717) is 13.0 Å². The Labute approximate surface area is 155 Å². The highest BCUT2D eigenvalue weighted by atomic mass is 16.5. The smallest absolute Gasteiger partial charge is 0.305 e. The molecule has 0 aromatic heterocycles. The van der Waals surface area contributed by atoms with Crippen molar-refractivity contribution in [2.45, 2.75) is 84.5 Å². The van der Waals surface area contributed by atoms with Gasteiger partial charge in [0.1, 0.15) is 0 Å². The zero-order chi connectivity index (χ0) is 18.4. The van der Waals surface area contributed by atoms with E-state index in [1.807, 2.05) is 6.92 Å². The van der Waals surface area contributed by atoms with E-state index in [0.717, 1.165) is 38.5 Å². The van der Waals surface area contributed by atoms with Crippen LogP contribution in [0.25, 0.3) is 0 Å². The molecule has 0 bridgehead atoms. The van der Waals surface area contributed by atoms with E-state index >= 15 is 0 Å². The summed E-state index contributed by atoms with van der Waals surface area (Å²) in [7, 11) is 0. The van der Waals surface area contributed by atoms with Gasteiger partial charge >= 0.3 is 5.97 Å². The lowest BCUT2D eigenvalue weighted by molar-refractivity contribution is -0.143. The molecule has 0 aromatic carbocycles. The van der Waals surface area contributed by atoms with Crippen molar-refractivity contribution in [3.8, 4) is 0 Å². The number of unbranched alkanes of at least 4 members (excludes halogenated alkanes) is 4. The molecule has 2 nitrogen and oxygen atoms in total. The standard InChI is InChI=1S/C23H38O2/c1-3-5-6-7-8-9-10-11-12-13-14-15-16-17-18-19-20-21-23(24)25-22-4-2/h8-9,11-12,14-15,17-18H,3-7,10,13,16,19-22H2,1-2H3. The van der Waals surface area contributed by atoms with Crippen molar-refractivity contribution in [3.63, 3.8) is 0 Å². The highest BCUT2D eigenvalue weighted by Gasteiger charge is 1.99. The minimum absolute atomic E-state index is 0.0715. The van der Waals surface area contributed by atoms with Gasteiger partial charge in [-0.25, -0.2) is 0 Å². The first kappa shape index (κ1) is 23.4. The average Bonchev–Trinajstić information content (AvgIpc) is 2.62. The van der Waals surface area contributed by atoms with E-state index in [-0.39, 0.29) is 5.97 Å². The normalized spacial score (nSPS) is 12.2. The van der Waals surface area contributed by atoms with Crippen LogP contribution in [0.1, 0.15) is 84.5 Å². The summed E-state index contributed by atoms with van der Waals surface area (Å²) in [5.74, 6) is -0.0715. The minimum Gasteiger partial charge on any atom is -0.466 e. The molecule has 25 heavy (non-hydrogen) atoms. The third kappa shape index (κ3) is 20.4. The molecule has 0 heterocycles. The van der Waals surface area contributed by atoms with E-state index in [1.165, 1.54) is 25.7 Å². The lowest BCUT2D eigenvalue weighted by Gasteiger charge is -2.00. The molecule has 0 atom stereocenters. The van der Waals surface area contributed by atoms with Gasteiger partial charge in [0.2, 0.25) is 0 Å². The van der Waals surface area contributed by atoms with Crippen LogP contribution in [-0.2, 0) is 9.53 Å². The van der Waals surface area contributed by atoms with Crippen LogP contribution in [0.4, 0.5) is 0 Å². The van der Waals surface area contributed by atoms with E-state index < -0.39 is 0 Å². The Morgan fingerprint density at radius 1 is 0.680 bits per heavy atom. The maximum Gasteiger partial charge on any atom is 0.305 e. The van der Waals surface area contributed by atoms with Gasteiger partial charge in [0.15, 0.2) is 0 Å². The average molecular weight is 347 g/mol. The molecule has 0 rings (SSSR count). The van der Waals surface area contributed by atoms with Crippen LogP contribution in [-0.4, -0.2) is 12.6 Å². The molecular weight excluding hydrogens is 308 g/mol. The number of ether oxygens (including phenoxy) is 1. The van der Waals surface area contributed by atoms with Gasteiger partial charge < -0.3 is 4.74 Å². The van der Waals surface area contributed by atoms with Crippen LogP contribution >= 0.6 is 0 Å². The van der Waals surface area contributed by atoms with Crippen LogP contribution < -0.4 is 0 Å². The highest BCUT2D eigenvalue weighted by molar-refractivity contribution is 5.69. The molecule has 0 aromatic rings. The number of rotatable bonds is 16. The molecule has 0 radical (unpaired) electrons. The lowest BCUT2D eigenvalue weighted by atomic mass is 10.2. The van der Waals surface area contributed by atoms with Crippen molar-refractivity contribution in [2.75, 3.05) is 6.61 Å². The fraction of sp³-hybridized carbons (Fsp3) is 0.609. The Bertz CT molecular complexity index is 402. The van der Waals surface area contributed by atoms with Crippen LogP contribution in [0.5, 0.6) is 0 Å². The van der Waals surface area contributed by atoms with E-state index in [1.54, 1.807) is 0 Å². The summed E-state index contributed by atoms with van der Waals surface area (Å²) in [6.45, 7) is 4.79. The maximum atomic E-state index is 11.3. The fourth-order valence-electron chi connectivity index (χ4n) is 2.21. The molecular formula is C23H38O2. The molecule has 0 aliphatic heterocycles. The second kappa shape index (κ2) is 20.5. The van der Waals surface area contributed by atoms with Gasteiger partial charge in [-0.1, -0.05) is 75.3 Å². The van der Waals surface area contributed by atoms with Crippen molar-refractivity contribution in [3.05, 3.63) is 48.6 Å². The first-order valence-electron chi connectivity index (χ1n) is 10.1. The number of esters is 1. The Morgan fingerprint density at radius 2 is 1.20 bits per heavy atom. The molecule has 142 valence electrons. The second-order valence-corrected chi connectivity index (χ2v) is 6.20. The summed E-state index contributed by atoms with van der Waals surface area (Å²) >= 11 is 0. The van der Waals surface area contributed by atoms with Crippen molar-refractivity contribution < 1.29 is 9.53 Å². The summed E-state index contributed by atoms with van der Waals surface area (Å²) in [6.07, 6.45) is 29.1. The van der Waals surface area contributed by atoms with Crippen LogP contribution in [0.15, 0.2) is 48.6 Å². The molecule has 0 saturated carbocycles. The molecule has 0 fully saturated rings. The van der Waals surface area contributed by atoms with E-state index in [9.17, 15) is 4.79 Å². The second-order valence-electron chi connectivity index (χ2n) is 6.20. The summed E-state index contributed by atoms with van der Waals surface area (Å²) in [4.78, 5) is 11.3. The van der Waals surface area contributed by atoms with Crippen molar-refractivity contribution in [1.82, 2.24) is 0 Å². The van der Waals surface area contributed by atoms with Gasteiger partial charge in [-0.15, -0.1) is 0 Å². The van der Waals surface area contributed by atoms with Gasteiger partial charge in [0.05, 0.1) is 6.61 Å². The van der Waals surface area contributed by atoms with Crippen LogP contribution in [0.3, 0.4) is 0 Å². The molecule has 0 amide bonds. The van der Waals surface area contributed by atoms with Crippen LogP contribution in [0.2, 0.25) is 0 Å². The lowest BCUT2D eigenvalue weighted by Crippen LogP contribution is -2.04. The molecule has 0 N–H and O–H groups in total. The first-order chi connectivity index (χ1) is 12.3. The summed E-state index contributed by atoms with van der Waals surface area (Å²) in [5.41, 5.74) is 0. The topological polar surface area (TPSA) is 26.3 Å². The zero-order valence-corrected chi connectivity index (χ0v) is 16.4. The molecule has 0 saturated heterocycles. The molecule has 0 aliphatic carbocycles. The van der Waals surface area contributed by atoms with E-state index in [4.69, 9.17) is 4.74 Å². The molecule has 0 spiro atoms.